The molecule has 0 radical (unpaired) electrons. The maximum atomic E-state index is 8.99. The van der Waals surface area contributed by atoms with Crippen molar-refractivity contribution < 1.29 is 9.47 Å². The third-order valence-corrected chi connectivity index (χ3v) is 2.85. The van der Waals surface area contributed by atoms with Crippen LogP contribution >= 0.6 is 0 Å². The van der Waals surface area contributed by atoms with Crippen molar-refractivity contribution in [1.82, 2.24) is 15.0 Å². The van der Waals surface area contributed by atoms with Gasteiger partial charge in [-0.25, -0.2) is 9.97 Å². The minimum Gasteiger partial charge on any atom is -0.439 e. The molecule has 0 aliphatic rings. The van der Waals surface area contributed by atoms with Gasteiger partial charge in [-0.15, -0.1) is 0 Å². The van der Waals surface area contributed by atoms with Gasteiger partial charge < -0.3 is 9.47 Å². The third kappa shape index (κ3) is 3.80. The summed E-state index contributed by atoms with van der Waals surface area (Å²) in [5.41, 5.74) is 1.21. The highest BCUT2D eigenvalue weighted by atomic mass is 16.5. The quantitative estimate of drug-likeness (QED) is 0.732. The van der Waals surface area contributed by atoms with Crippen molar-refractivity contribution >= 4 is 0 Å². The molecule has 0 fully saturated rings. The van der Waals surface area contributed by atoms with Gasteiger partial charge in [0.1, 0.15) is 11.5 Å². The Bertz CT molecular complexity index is 860. The molecule has 1 aromatic carbocycles. The normalized spacial score (nSPS) is 9.91. The fourth-order valence-corrected chi connectivity index (χ4v) is 1.94. The maximum absolute atomic E-state index is 8.99. The van der Waals surface area contributed by atoms with Crippen molar-refractivity contribution in [2.45, 2.75) is 6.92 Å². The molecule has 0 saturated heterocycles. The fraction of sp³-hybridized carbons (Fsp3) is 0.0588. The van der Waals surface area contributed by atoms with Crippen LogP contribution in [0.4, 0.5) is 0 Å². The Morgan fingerprint density at radius 3 is 2.48 bits per heavy atom. The highest BCUT2D eigenvalue weighted by molar-refractivity contribution is 5.39. The average molecular weight is 304 g/mol. The van der Waals surface area contributed by atoms with Gasteiger partial charge >= 0.3 is 0 Å². The largest absolute Gasteiger partial charge is 0.439 e. The molecule has 0 atom stereocenters. The summed E-state index contributed by atoms with van der Waals surface area (Å²) in [6.07, 6.45) is 4.65. The Labute approximate surface area is 133 Å². The summed E-state index contributed by atoms with van der Waals surface area (Å²) in [7, 11) is 0. The van der Waals surface area contributed by atoms with Gasteiger partial charge in [0.25, 0.3) is 0 Å². The molecule has 6 heteroatoms. The highest BCUT2D eigenvalue weighted by Crippen LogP contribution is 2.27. The Morgan fingerprint density at radius 2 is 1.78 bits per heavy atom. The molecule has 0 saturated carbocycles. The highest BCUT2D eigenvalue weighted by Gasteiger charge is 2.05. The van der Waals surface area contributed by atoms with E-state index in [-0.39, 0.29) is 0 Å². The third-order valence-electron chi connectivity index (χ3n) is 2.85. The number of hydrogen-bond acceptors (Lipinski definition) is 6. The summed E-state index contributed by atoms with van der Waals surface area (Å²) >= 11 is 0. The first-order valence-electron chi connectivity index (χ1n) is 6.83. The molecule has 0 bridgehead atoms. The van der Waals surface area contributed by atoms with Gasteiger partial charge in [0.2, 0.25) is 11.8 Å². The van der Waals surface area contributed by atoms with Crippen molar-refractivity contribution in [3.05, 3.63) is 66.2 Å². The first-order chi connectivity index (χ1) is 11.2. The van der Waals surface area contributed by atoms with E-state index in [4.69, 9.17) is 14.7 Å². The molecule has 112 valence electrons. The number of aromatic nitrogens is 3. The van der Waals surface area contributed by atoms with E-state index < -0.39 is 0 Å². The predicted octanol–water partition coefficient (Wildman–Crippen LogP) is 3.64. The number of pyridine rings is 1. The number of hydrogen-bond donors (Lipinski definition) is 0. The Hall–Kier alpha value is -3.46. The number of rotatable bonds is 4. The lowest BCUT2D eigenvalue weighted by Crippen LogP contribution is -1.93. The van der Waals surface area contributed by atoms with Crippen LogP contribution in [0.2, 0.25) is 0 Å². The summed E-state index contributed by atoms with van der Waals surface area (Å²) in [6.45, 7) is 1.81. The van der Waals surface area contributed by atoms with Crippen LogP contribution in [-0.4, -0.2) is 15.0 Å². The molecular formula is C17H12N4O2. The van der Waals surface area contributed by atoms with Crippen molar-refractivity contribution in [3.63, 3.8) is 0 Å². The smallest absolute Gasteiger partial charge is 0.237 e. The van der Waals surface area contributed by atoms with E-state index in [1.807, 2.05) is 0 Å². The van der Waals surface area contributed by atoms with Crippen LogP contribution in [-0.2, 0) is 0 Å². The molecule has 0 aliphatic carbocycles. The van der Waals surface area contributed by atoms with Gasteiger partial charge in [0.05, 0.1) is 17.8 Å². The summed E-state index contributed by atoms with van der Waals surface area (Å²) in [5, 5.41) is 8.99. The molecule has 0 unspecified atom stereocenters. The van der Waals surface area contributed by atoms with Crippen LogP contribution in [0.3, 0.4) is 0 Å². The van der Waals surface area contributed by atoms with Crippen molar-refractivity contribution in [1.29, 1.82) is 5.26 Å². The monoisotopic (exact) mass is 304 g/mol. The van der Waals surface area contributed by atoms with Crippen LogP contribution < -0.4 is 9.47 Å². The number of nitriles is 1. The maximum Gasteiger partial charge on any atom is 0.237 e. The minimum absolute atomic E-state index is 0.359. The summed E-state index contributed by atoms with van der Waals surface area (Å²) in [5.74, 6) is 1.87. The molecule has 2 aromatic heterocycles. The number of ether oxygens (including phenoxy) is 2. The van der Waals surface area contributed by atoms with E-state index in [1.54, 1.807) is 55.7 Å². The zero-order chi connectivity index (χ0) is 16.1. The zero-order valence-corrected chi connectivity index (χ0v) is 12.3. The molecule has 0 aliphatic heterocycles. The fourth-order valence-electron chi connectivity index (χ4n) is 1.94. The van der Waals surface area contributed by atoms with Crippen LogP contribution in [0.5, 0.6) is 23.3 Å². The lowest BCUT2D eigenvalue weighted by molar-refractivity contribution is 0.440. The van der Waals surface area contributed by atoms with Gasteiger partial charge in [-0.1, -0.05) is 6.07 Å². The lowest BCUT2D eigenvalue weighted by atomic mass is 10.2. The summed E-state index contributed by atoms with van der Waals surface area (Å²) in [6, 6.07) is 12.4. The van der Waals surface area contributed by atoms with E-state index in [1.165, 1.54) is 6.20 Å². The van der Waals surface area contributed by atoms with Gasteiger partial charge in [-0.05, 0) is 25.1 Å². The number of benzene rings is 1. The van der Waals surface area contributed by atoms with Crippen molar-refractivity contribution in [3.8, 4) is 29.3 Å². The van der Waals surface area contributed by atoms with Crippen LogP contribution in [0.1, 0.15) is 11.3 Å². The van der Waals surface area contributed by atoms with Crippen molar-refractivity contribution in [2.24, 2.45) is 0 Å². The first-order valence-corrected chi connectivity index (χ1v) is 6.83. The van der Waals surface area contributed by atoms with Crippen molar-refractivity contribution in [2.75, 3.05) is 0 Å². The summed E-state index contributed by atoms with van der Waals surface area (Å²) in [4.78, 5) is 12.2. The van der Waals surface area contributed by atoms with Crippen LogP contribution in [0.15, 0.2) is 55.0 Å². The number of aryl methyl sites for hydroxylation is 1. The van der Waals surface area contributed by atoms with Crippen LogP contribution in [0, 0.1) is 18.3 Å². The molecular weight excluding hydrogens is 292 g/mol. The molecule has 0 amide bonds. The van der Waals surface area contributed by atoms with E-state index in [0.717, 1.165) is 0 Å². The molecule has 2 heterocycles. The van der Waals surface area contributed by atoms with Gasteiger partial charge in [0, 0.05) is 30.2 Å². The molecule has 0 N–H and O–H groups in total. The zero-order valence-electron chi connectivity index (χ0n) is 12.3. The standard InChI is InChI=1S/C17H12N4O2/c1-12-7-13(10-18)8-16(21-12)22-14-3-2-4-15(9-14)23-17-11-19-5-6-20-17/h2-9,11H,1H3. The Balaban J connectivity index is 1.80. The number of nitrogens with zero attached hydrogens (tertiary/aromatic N) is 4. The Morgan fingerprint density at radius 1 is 1.00 bits per heavy atom. The molecule has 23 heavy (non-hydrogen) atoms. The second kappa shape index (κ2) is 6.54. The van der Waals surface area contributed by atoms with Crippen LogP contribution in [0.25, 0.3) is 0 Å². The van der Waals surface area contributed by atoms with Gasteiger partial charge in [-0.3, -0.25) is 4.98 Å². The molecule has 3 rings (SSSR count). The average Bonchev–Trinajstić information content (AvgIpc) is 2.55. The van der Waals surface area contributed by atoms with E-state index in [2.05, 4.69) is 21.0 Å². The van der Waals surface area contributed by atoms with E-state index in [0.29, 0.717) is 34.5 Å². The molecule has 6 nitrogen and oxygen atoms in total. The Kier molecular flexibility index (Phi) is 4.11. The van der Waals surface area contributed by atoms with E-state index >= 15 is 0 Å². The predicted molar refractivity (Wildman–Crippen MR) is 82.3 cm³/mol. The molecule has 3 aromatic rings. The minimum atomic E-state index is 0.359. The topological polar surface area (TPSA) is 80.9 Å². The molecule has 0 spiro atoms. The second-order valence-corrected chi connectivity index (χ2v) is 4.67. The second-order valence-electron chi connectivity index (χ2n) is 4.67. The summed E-state index contributed by atoms with van der Waals surface area (Å²) < 4.78 is 11.3. The van der Waals surface area contributed by atoms with Gasteiger partial charge in [0.15, 0.2) is 0 Å². The van der Waals surface area contributed by atoms with Gasteiger partial charge in [-0.2, -0.15) is 5.26 Å². The SMILES string of the molecule is Cc1cc(C#N)cc(Oc2cccc(Oc3cnccn3)c2)n1. The first kappa shape index (κ1) is 14.5. The van der Waals surface area contributed by atoms with E-state index in [9.17, 15) is 0 Å². The lowest BCUT2D eigenvalue weighted by Gasteiger charge is -2.08.